The molecule has 1 aromatic carbocycles. The normalized spacial score (nSPS) is 12.7. The van der Waals surface area contributed by atoms with E-state index >= 15 is 0 Å². The third kappa shape index (κ3) is 2.37. The number of nitrogens with one attached hydrogen (secondary N) is 1. The summed E-state index contributed by atoms with van der Waals surface area (Å²) in [7, 11) is 2.00. The van der Waals surface area contributed by atoms with Crippen molar-refractivity contribution in [2.75, 3.05) is 7.05 Å². The summed E-state index contributed by atoms with van der Waals surface area (Å²) in [5, 5.41) is 7.67. The van der Waals surface area contributed by atoms with Gasteiger partial charge >= 0.3 is 0 Å². The molecule has 0 aliphatic rings. The van der Waals surface area contributed by atoms with Crippen LogP contribution in [0, 0.1) is 6.92 Å². The Labute approximate surface area is 109 Å². The van der Waals surface area contributed by atoms with E-state index in [-0.39, 0.29) is 6.04 Å². The molecular formula is C13H14BrNS. The smallest absolute Gasteiger partial charge is 0.0593 e. The molecular weight excluding hydrogens is 282 g/mol. The number of thiophene rings is 1. The zero-order valence-corrected chi connectivity index (χ0v) is 11.7. The van der Waals surface area contributed by atoms with E-state index in [9.17, 15) is 0 Å². The maximum atomic E-state index is 3.59. The number of halogens is 1. The number of aryl methyl sites for hydroxylation is 1. The summed E-state index contributed by atoms with van der Waals surface area (Å²) in [4.78, 5) is 0. The average molecular weight is 296 g/mol. The third-order valence-corrected chi connectivity index (χ3v) is 4.37. The van der Waals surface area contributed by atoms with Crippen LogP contribution in [0.15, 0.2) is 39.5 Å². The fourth-order valence-electron chi connectivity index (χ4n) is 1.85. The first-order valence-corrected chi connectivity index (χ1v) is 6.91. The molecule has 1 aromatic heterocycles. The van der Waals surface area contributed by atoms with Crippen molar-refractivity contribution in [3.05, 3.63) is 56.2 Å². The molecule has 2 rings (SSSR count). The van der Waals surface area contributed by atoms with Gasteiger partial charge in [-0.05, 0) is 46.4 Å². The summed E-state index contributed by atoms with van der Waals surface area (Å²) in [5.74, 6) is 0. The van der Waals surface area contributed by atoms with Crippen LogP contribution in [-0.4, -0.2) is 7.05 Å². The third-order valence-electron chi connectivity index (χ3n) is 2.62. The summed E-state index contributed by atoms with van der Waals surface area (Å²) in [6.07, 6.45) is 0. The summed E-state index contributed by atoms with van der Waals surface area (Å²) in [6.45, 7) is 2.12. The van der Waals surface area contributed by atoms with Crippen molar-refractivity contribution in [1.29, 1.82) is 0 Å². The average Bonchev–Trinajstić information content (AvgIpc) is 2.67. The van der Waals surface area contributed by atoms with Gasteiger partial charge in [0, 0.05) is 9.85 Å². The topological polar surface area (TPSA) is 12.0 Å². The largest absolute Gasteiger partial charge is 0.309 e. The van der Waals surface area contributed by atoms with Crippen LogP contribution in [0.2, 0.25) is 0 Å². The Balaban J connectivity index is 2.40. The summed E-state index contributed by atoms with van der Waals surface area (Å²) < 4.78 is 1.18. The maximum absolute atomic E-state index is 3.59. The summed E-state index contributed by atoms with van der Waals surface area (Å²) >= 11 is 5.32. The molecule has 16 heavy (non-hydrogen) atoms. The van der Waals surface area contributed by atoms with Crippen molar-refractivity contribution in [3.8, 4) is 0 Å². The first-order chi connectivity index (χ1) is 7.72. The second-order valence-electron chi connectivity index (χ2n) is 3.81. The van der Waals surface area contributed by atoms with Gasteiger partial charge in [0.15, 0.2) is 0 Å². The standard InChI is InChI=1S/C13H14BrNS/c1-9-4-3-5-10(6-9)13(15-2)11-7-16-8-12(11)14/h3-8,13,15H,1-2H3. The molecule has 1 nitrogen and oxygen atoms in total. The molecule has 0 fully saturated rings. The fraction of sp³-hybridized carbons (Fsp3) is 0.231. The van der Waals surface area contributed by atoms with E-state index in [0.29, 0.717) is 0 Å². The minimum atomic E-state index is 0.264. The van der Waals surface area contributed by atoms with Crippen molar-refractivity contribution in [1.82, 2.24) is 5.32 Å². The van der Waals surface area contributed by atoms with Crippen LogP contribution >= 0.6 is 27.3 Å². The lowest BCUT2D eigenvalue weighted by Crippen LogP contribution is -2.17. The molecule has 0 saturated heterocycles. The minimum Gasteiger partial charge on any atom is -0.309 e. The van der Waals surface area contributed by atoms with Gasteiger partial charge in [-0.2, -0.15) is 11.3 Å². The van der Waals surface area contributed by atoms with Crippen molar-refractivity contribution >= 4 is 27.3 Å². The number of hydrogen-bond acceptors (Lipinski definition) is 2. The molecule has 0 radical (unpaired) electrons. The van der Waals surface area contributed by atoms with Crippen LogP contribution in [0.25, 0.3) is 0 Å². The lowest BCUT2D eigenvalue weighted by molar-refractivity contribution is 0.691. The lowest BCUT2D eigenvalue weighted by Gasteiger charge is -2.16. The maximum Gasteiger partial charge on any atom is 0.0593 e. The van der Waals surface area contributed by atoms with E-state index in [1.54, 1.807) is 11.3 Å². The van der Waals surface area contributed by atoms with E-state index in [1.807, 2.05) is 7.05 Å². The van der Waals surface area contributed by atoms with Crippen molar-refractivity contribution in [2.45, 2.75) is 13.0 Å². The molecule has 2 aromatic rings. The van der Waals surface area contributed by atoms with Gasteiger partial charge in [0.1, 0.15) is 0 Å². The summed E-state index contributed by atoms with van der Waals surface area (Å²) in [5.41, 5.74) is 3.91. The predicted octanol–water partition coefficient (Wildman–Crippen LogP) is 4.13. The second-order valence-corrected chi connectivity index (χ2v) is 5.41. The molecule has 1 atom stereocenters. The Morgan fingerprint density at radius 2 is 2.12 bits per heavy atom. The Morgan fingerprint density at radius 3 is 2.69 bits per heavy atom. The Kier molecular flexibility index (Phi) is 3.79. The molecule has 0 bridgehead atoms. The van der Waals surface area contributed by atoms with Gasteiger partial charge in [-0.1, -0.05) is 29.8 Å². The first kappa shape index (κ1) is 11.8. The molecule has 0 amide bonds. The van der Waals surface area contributed by atoms with Gasteiger partial charge in [-0.15, -0.1) is 0 Å². The Hall–Kier alpha value is -0.640. The highest BCUT2D eigenvalue weighted by atomic mass is 79.9. The van der Waals surface area contributed by atoms with E-state index in [2.05, 4.69) is 63.2 Å². The molecule has 0 spiro atoms. The zero-order chi connectivity index (χ0) is 11.5. The first-order valence-electron chi connectivity index (χ1n) is 5.18. The quantitative estimate of drug-likeness (QED) is 0.898. The monoisotopic (exact) mass is 295 g/mol. The molecule has 84 valence electrons. The van der Waals surface area contributed by atoms with Crippen LogP contribution in [0.4, 0.5) is 0 Å². The van der Waals surface area contributed by atoms with Gasteiger partial charge in [-0.3, -0.25) is 0 Å². The van der Waals surface area contributed by atoms with Crippen molar-refractivity contribution in [3.63, 3.8) is 0 Å². The summed E-state index contributed by atoms with van der Waals surface area (Å²) in [6, 6.07) is 8.89. The van der Waals surface area contributed by atoms with Crippen molar-refractivity contribution in [2.24, 2.45) is 0 Å². The predicted molar refractivity (Wildman–Crippen MR) is 74.1 cm³/mol. The van der Waals surface area contributed by atoms with E-state index in [1.165, 1.54) is 21.2 Å². The molecule has 3 heteroatoms. The highest BCUT2D eigenvalue weighted by Crippen LogP contribution is 2.31. The number of rotatable bonds is 3. The van der Waals surface area contributed by atoms with E-state index < -0.39 is 0 Å². The Bertz CT molecular complexity index is 478. The van der Waals surface area contributed by atoms with Crippen LogP contribution in [0.1, 0.15) is 22.7 Å². The van der Waals surface area contributed by atoms with Crippen LogP contribution in [0.3, 0.4) is 0 Å². The van der Waals surface area contributed by atoms with E-state index in [0.717, 1.165) is 0 Å². The molecule has 0 aliphatic carbocycles. The second kappa shape index (κ2) is 5.13. The lowest BCUT2D eigenvalue weighted by atomic mass is 10.00. The minimum absolute atomic E-state index is 0.264. The highest BCUT2D eigenvalue weighted by molar-refractivity contribution is 9.10. The molecule has 0 aliphatic heterocycles. The van der Waals surface area contributed by atoms with Crippen LogP contribution in [0.5, 0.6) is 0 Å². The van der Waals surface area contributed by atoms with Crippen molar-refractivity contribution < 1.29 is 0 Å². The van der Waals surface area contributed by atoms with Gasteiger partial charge in [-0.25, -0.2) is 0 Å². The number of hydrogen-bond donors (Lipinski definition) is 1. The molecule has 1 N–H and O–H groups in total. The van der Waals surface area contributed by atoms with Crippen LogP contribution < -0.4 is 5.32 Å². The molecule has 1 unspecified atom stereocenters. The molecule has 1 heterocycles. The van der Waals surface area contributed by atoms with Gasteiger partial charge in [0.2, 0.25) is 0 Å². The highest BCUT2D eigenvalue weighted by Gasteiger charge is 2.15. The van der Waals surface area contributed by atoms with Gasteiger partial charge in [0.25, 0.3) is 0 Å². The fourth-order valence-corrected chi connectivity index (χ4v) is 3.40. The van der Waals surface area contributed by atoms with Crippen LogP contribution in [-0.2, 0) is 0 Å². The zero-order valence-electron chi connectivity index (χ0n) is 9.33. The number of benzene rings is 1. The van der Waals surface area contributed by atoms with Gasteiger partial charge in [0.05, 0.1) is 6.04 Å². The molecule has 0 saturated carbocycles. The SMILES string of the molecule is CNC(c1cccc(C)c1)c1cscc1Br. The Morgan fingerprint density at radius 1 is 1.31 bits per heavy atom. The van der Waals surface area contributed by atoms with E-state index in [4.69, 9.17) is 0 Å². The van der Waals surface area contributed by atoms with Gasteiger partial charge < -0.3 is 5.32 Å².